The van der Waals surface area contributed by atoms with Gasteiger partial charge < -0.3 is 52.3 Å². The molecular weight excluding hydrogens is 903 g/mol. The minimum atomic E-state index is -0.512. The van der Waals surface area contributed by atoms with Gasteiger partial charge in [-0.15, -0.1) is 0 Å². The summed E-state index contributed by atoms with van der Waals surface area (Å²) >= 11 is 0. The monoisotopic (exact) mass is 969 g/mol. The summed E-state index contributed by atoms with van der Waals surface area (Å²) in [5.41, 5.74) is 6.78. The van der Waals surface area contributed by atoms with Crippen molar-refractivity contribution in [1.82, 2.24) is 0 Å². The molecule has 0 aromatic heterocycles. The van der Waals surface area contributed by atoms with Gasteiger partial charge in [0.15, 0.2) is 0 Å². The lowest BCUT2D eigenvalue weighted by Gasteiger charge is -2.28. The van der Waals surface area contributed by atoms with Crippen molar-refractivity contribution in [2.24, 2.45) is 0 Å². The Morgan fingerprint density at radius 2 is 0.714 bits per heavy atom. The van der Waals surface area contributed by atoms with Gasteiger partial charge in [-0.3, -0.25) is 0 Å². The number of anilines is 3. The highest BCUT2D eigenvalue weighted by Gasteiger charge is 2.18. The third-order valence-electron chi connectivity index (χ3n) is 9.36. The van der Waals surface area contributed by atoms with E-state index < -0.39 is 29.8 Å². The normalized spacial score (nSPS) is 10.6. The molecule has 16 nitrogen and oxygen atoms in total. The van der Waals surface area contributed by atoms with Gasteiger partial charge in [0, 0.05) is 58.1 Å². The Labute approximate surface area is 411 Å². The highest BCUT2D eigenvalue weighted by atomic mass is 16.6. The Morgan fingerprint density at radius 1 is 0.371 bits per heavy atom. The predicted molar refractivity (Wildman–Crippen MR) is 263 cm³/mol. The number of esters is 5. The number of carbonyl (C=O) groups is 5. The van der Waals surface area contributed by atoms with Gasteiger partial charge in [-0.1, -0.05) is 51.1 Å². The average Bonchev–Trinajstić information content (AvgIpc) is 3.32. The fourth-order valence-electron chi connectivity index (χ4n) is 5.86. The third kappa shape index (κ3) is 22.1. The van der Waals surface area contributed by atoms with Crippen molar-refractivity contribution in [2.45, 2.75) is 73.9 Å². The first-order chi connectivity index (χ1) is 33.4. The van der Waals surface area contributed by atoms with E-state index in [0.717, 1.165) is 27.9 Å². The number of hydrogen-bond acceptors (Lipinski definition) is 16. The molecule has 0 aliphatic rings. The summed E-state index contributed by atoms with van der Waals surface area (Å²) in [6, 6.07) is 19.3. The fourth-order valence-corrected chi connectivity index (χ4v) is 5.86. The first-order valence-electron chi connectivity index (χ1n) is 22.7. The van der Waals surface area contributed by atoms with Crippen LogP contribution in [0, 0.1) is 0 Å². The molecule has 0 heterocycles. The van der Waals surface area contributed by atoms with Crippen LogP contribution in [0.25, 0.3) is 0 Å². The summed E-state index contributed by atoms with van der Waals surface area (Å²) in [6.07, 6.45) is 0.866. The van der Waals surface area contributed by atoms with E-state index in [1.807, 2.05) is 65.6 Å². The van der Waals surface area contributed by atoms with Gasteiger partial charge >= 0.3 is 29.8 Å². The maximum absolute atomic E-state index is 12.0. The Morgan fingerprint density at radius 3 is 1.13 bits per heavy atom. The van der Waals surface area contributed by atoms with Gasteiger partial charge in [-0.25, -0.2) is 24.0 Å². The first-order valence-corrected chi connectivity index (χ1v) is 22.7. The van der Waals surface area contributed by atoms with Crippen LogP contribution in [-0.4, -0.2) is 95.9 Å². The summed E-state index contributed by atoms with van der Waals surface area (Å²) < 4.78 is 56.2. The maximum atomic E-state index is 12.0. The Kier molecular flexibility index (Phi) is 25.7. The maximum Gasteiger partial charge on any atom is 0.333 e. The standard InChI is InChI=1S/C54H67NO15/c1-37(2)50(56)66-19-11-17-61-36-45-30-48(32-49(31-45)65-18-12-20-67-51(57)38(3)4)55(46-15-13-42(14-16-46)33-62-21-24-68-52(58)39(5)6)47-28-43(34-63-22-25-69-53(59)40(7)8)27-44(29-47)35-64-23-26-70-54(60)41(9)10/h13-16,27-32H,1,3,5,7,9,11-12,17-26,33-36H2,2,4,6,8,10H3. The van der Waals surface area contributed by atoms with Crippen molar-refractivity contribution in [1.29, 1.82) is 0 Å². The lowest BCUT2D eigenvalue weighted by Crippen LogP contribution is -2.14. The molecular formula is C54H67NO15. The van der Waals surface area contributed by atoms with Crippen LogP contribution < -0.4 is 9.64 Å². The van der Waals surface area contributed by atoms with Gasteiger partial charge in [-0.2, -0.15) is 0 Å². The zero-order valence-electron chi connectivity index (χ0n) is 41.2. The molecule has 0 spiro atoms. The Balaban J connectivity index is 2.06. The van der Waals surface area contributed by atoms with Gasteiger partial charge in [-0.05, 0) is 93.3 Å². The molecule has 0 atom stereocenters. The number of carbonyl (C=O) groups excluding carboxylic acids is 5. The lowest BCUT2D eigenvalue weighted by atomic mass is 10.1. The van der Waals surface area contributed by atoms with E-state index >= 15 is 0 Å². The molecule has 0 fully saturated rings. The van der Waals surface area contributed by atoms with Gasteiger partial charge in [0.1, 0.15) is 25.6 Å². The second-order valence-corrected chi connectivity index (χ2v) is 16.2. The van der Waals surface area contributed by atoms with E-state index in [1.165, 1.54) is 0 Å². The largest absolute Gasteiger partial charge is 0.493 e. The molecule has 0 amide bonds. The van der Waals surface area contributed by atoms with E-state index in [-0.39, 0.29) is 97.0 Å². The molecule has 0 N–H and O–H groups in total. The second-order valence-electron chi connectivity index (χ2n) is 16.2. The minimum Gasteiger partial charge on any atom is -0.493 e. The van der Waals surface area contributed by atoms with Crippen LogP contribution in [0.2, 0.25) is 0 Å². The van der Waals surface area contributed by atoms with Crippen LogP contribution in [-0.2, 0) is 93.0 Å². The Bertz CT molecular complexity index is 2240. The van der Waals surface area contributed by atoms with Gasteiger partial charge in [0.2, 0.25) is 0 Å². The van der Waals surface area contributed by atoms with Crippen LogP contribution in [0.1, 0.15) is 69.7 Å². The number of rotatable bonds is 34. The smallest absolute Gasteiger partial charge is 0.333 e. The summed E-state index contributed by atoms with van der Waals surface area (Å²) in [6.45, 7) is 28.1. The SMILES string of the molecule is C=C(C)C(=O)OCCCOCc1cc(OCCCOC(=O)C(=C)C)cc(N(c2ccc(COCCOC(=O)C(=C)C)cc2)c2cc(COCCOC(=O)C(=C)C)cc(COCCOC(=O)C(=C)C)c2)c1. The molecule has 3 rings (SSSR count). The van der Waals surface area contributed by atoms with Crippen molar-refractivity contribution in [3.63, 3.8) is 0 Å². The Hall–Kier alpha value is -6.85. The summed E-state index contributed by atoms with van der Waals surface area (Å²) in [5.74, 6) is -1.95. The summed E-state index contributed by atoms with van der Waals surface area (Å²) in [4.78, 5) is 61.7. The topological polar surface area (TPSA) is 181 Å². The van der Waals surface area contributed by atoms with Gasteiger partial charge in [0.05, 0.1) is 78.4 Å². The molecule has 70 heavy (non-hydrogen) atoms. The first kappa shape index (κ1) is 57.5. The van der Waals surface area contributed by atoms with Crippen molar-refractivity contribution in [3.05, 3.63) is 144 Å². The van der Waals surface area contributed by atoms with Crippen LogP contribution in [0.3, 0.4) is 0 Å². The average molecular weight is 970 g/mol. The van der Waals surface area contributed by atoms with Crippen molar-refractivity contribution >= 4 is 46.9 Å². The lowest BCUT2D eigenvalue weighted by molar-refractivity contribution is -0.141. The molecule has 0 radical (unpaired) electrons. The number of benzene rings is 3. The van der Waals surface area contributed by atoms with Gasteiger partial charge in [0.25, 0.3) is 0 Å². The number of hydrogen-bond donors (Lipinski definition) is 0. The molecule has 0 aliphatic carbocycles. The van der Waals surface area contributed by atoms with E-state index in [9.17, 15) is 24.0 Å². The third-order valence-corrected chi connectivity index (χ3v) is 9.36. The summed E-state index contributed by atoms with van der Waals surface area (Å²) in [5, 5.41) is 0. The van der Waals surface area contributed by atoms with Crippen molar-refractivity contribution in [2.75, 3.05) is 71.0 Å². The zero-order chi connectivity index (χ0) is 51.4. The molecule has 0 bridgehead atoms. The second kappa shape index (κ2) is 31.3. The highest BCUT2D eigenvalue weighted by Crippen LogP contribution is 2.39. The summed E-state index contributed by atoms with van der Waals surface area (Å²) in [7, 11) is 0. The molecule has 3 aromatic rings. The van der Waals surface area contributed by atoms with E-state index in [2.05, 4.69) is 32.9 Å². The van der Waals surface area contributed by atoms with E-state index in [1.54, 1.807) is 34.6 Å². The van der Waals surface area contributed by atoms with Crippen molar-refractivity contribution < 1.29 is 71.3 Å². The van der Waals surface area contributed by atoms with Crippen molar-refractivity contribution in [3.8, 4) is 5.75 Å². The van der Waals surface area contributed by atoms with Crippen LogP contribution >= 0.6 is 0 Å². The molecule has 378 valence electrons. The van der Waals surface area contributed by atoms with Crippen LogP contribution in [0.15, 0.2) is 121 Å². The van der Waals surface area contributed by atoms with E-state index in [4.69, 9.17) is 47.4 Å². The fraction of sp³-hybridized carbons (Fsp3) is 0.389. The highest BCUT2D eigenvalue weighted by molar-refractivity contribution is 5.88. The molecule has 0 unspecified atom stereocenters. The molecule has 3 aromatic carbocycles. The zero-order valence-corrected chi connectivity index (χ0v) is 41.2. The number of ether oxygens (including phenoxy) is 10. The quantitative estimate of drug-likeness (QED) is 0.0239. The molecule has 0 aliphatic heterocycles. The molecule has 16 heteroatoms. The van der Waals surface area contributed by atoms with Crippen LogP contribution in [0.5, 0.6) is 5.75 Å². The van der Waals surface area contributed by atoms with E-state index in [0.29, 0.717) is 53.3 Å². The number of nitrogens with zero attached hydrogens (tertiary/aromatic N) is 1. The predicted octanol–water partition coefficient (Wildman–Crippen LogP) is 8.98. The van der Waals surface area contributed by atoms with Crippen LogP contribution in [0.4, 0.5) is 17.1 Å². The molecule has 0 saturated heterocycles. The minimum absolute atomic E-state index is 0.0275. The molecule has 0 saturated carbocycles.